The molecule has 0 saturated heterocycles. The first-order valence-electron chi connectivity index (χ1n) is 12.2. The number of halogens is 1. The number of aryl methyl sites for hydroxylation is 2. The number of fused-ring (bicyclic) bond motifs is 2. The van der Waals surface area contributed by atoms with Crippen LogP contribution < -0.4 is 4.74 Å². The third-order valence-corrected chi connectivity index (χ3v) is 6.96. The Bertz CT molecular complexity index is 1570. The van der Waals surface area contributed by atoms with Gasteiger partial charge in [-0.1, -0.05) is 49.4 Å². The van der Waals surface area contributed by atoms with Crippen LogP contribution in [0.1, 0.15) is 30.0 Å². The second-order valence-electron chi connectivity index (χ2n) is 9.21. The summed E-state index contributed by atoms with van der Waals surface area (Å²) in [6, 6.07) is 21.4. The van der Waals surface area contributed by atoms with E-state index >= 15 is 0 Å². The molecule has 3 heterocycles. The van der Waals surface area contributed by atoms with Gasteiger partial charge in [-0.3, -0.25) is 0 Å². The summed E-state index contributed by atoms with van der Waals surface area (Å²) in [6.07, 6.45) is 7.25. The molecule has 0 atom stereocenters. The number of hydrogen-bond acceptors (Lipinski definition) is 2. The fraction of sp³-hybridized carbons (Fsp3) is 0.194. The summed E-state index contributed by atoms with van der Waals surface area (Å²) in [5.41, 5.74) is 10.4. The van der Waals surface area contributed by atoms with Gasteiger partial charge in [-0.05, 0) is 78.3 Å². The average Bonchev–Trinajstić information content (AvgIpc) is 3.31. The summed E-state index contributed by atoms with van der Waals surface area (Å²) in [6.45, 7) is 5.16. The van der Waals surface area contributed by atoms with Crippen molar-refractivity contribution in [2.45, 2.75) is 33.1 Å². The lowest BCUT2D eigenvalue weighted by atomic mass is 9.93. The SMILES string of the molecule is CCc1c(C)cn2cc(-c3cccc(-c4ccccc4F)c3)nc2c1-c1ccc2c(c1)CCCO2. The van der Waals surface area contributed by atoms with Crippen LogP contribution in [0, 0.1) is 12.7 Å². The summed E-state index contributed by atoms with van der Waals surface area (Å²) < 4.78 is 22.4. The van der Waals surface area contributed by atoms with Crippen molar-refractivity contribution in [2.24, 2.45) is 0 Å². The first-order valence-corrected chi connectivity index (χ1v) is 12.2. The van der Waals surface area contributed by atoms with Gasteiger partial charge >= 0.3 is 0 Å². The Balaban J connectivity index is 1.52. The molecule has 0 radical (unpaired) electrons. The van der Waals surface area contributed by atoms with E-state index in [9.17, 15) is 4.39 Å². The molecule has 1 aliphatic heterocycles. The highest BCUT2D eigenvalue weighted by molar-refractivity contribution is 5.84. The Morgan fingerprint density at radius 2 is 1.80 bits per heavy atom. The molecule has 0 spiro atoms. The van der Waals surface area contributed by atoms with Crippen molar-refractivity contribution in [2.75, 3.05) is 6.61 Å². The van der Waals surface area contributed by atoms with E-state index in [0.29, 0.717) is 5.56 Å². The molecule has 0 aliphatic carbocycles. The Kier molecular flexibility index (Phi) is 5.37. The van der Waals surface area contributed by atoms with E-state index in [-0.39, 0.29) is 5.82 Å². The second-order valence-corrected chi connectivity index (χ2v) is 9.21. The summed E-state index contributed by atoms with van der Waals surface area (Å²) in [5, 5.41) is 0. The van der Waals surface area contributed by atoms with E-state index in [1.54, 1.807) is 6.07 Å². The standard InChI is InChI=1S/C31H27FN2O/c1-3-25-20(2)18-34-19-28(22-9-6-8-21(16-22)26-11-4-5-12-27(26)32)33-31(34)30(25)24-13-14-29-23(17-24)10-7-15-35-29/h4-6,8-9,11-14,16-19H,3,7,10,15H2,1-2H3. The Labute approximate surface area is 204 Å². The maximum atomic E-state index is 14.4. The highest BCUT2D eigenvalue weighted by atomic mass is 19.1. The van der Waals surface area contributed by atoms with Gasteiger partial charge in [0.15, 0.2) is 0 Å². The Hall–Kier alpha value is -3.92. The smallest absolute Gasteiger partial charge is 0.145 e. The van der Waals surface area contributed by atoms with Crippen LogP contribution in [0.25, 0.3) is 39.2 Å². The zero-order valence-corrected chi connectivity index (χ0v) is 20.0. The molecule has 0 bridgehead atoms. The van der Waals surface area contributed by atoms with Crippen molar-refractivity contribution < 1.29 is 9.13 Å². The molecule has 5 aromatic rings. The molecule has 174 valence electrons. The van der Waals surface area contributed by atoms with Crippen LogP contribution in [-0.4, -0.2) is 16.0 Å². The zero-order chi connectivity index (χ0) is 23.9. The molecule has 3 aromatic carbocycles. The average molecular weight is 463 g/mol. The summed E-state index contributed by atoms with van der Waals surface area (Å²) in [7, 11) is 0. The van der Waals surface area contributed by atoms with E-state index in [1.165, 1.54) is 33.9 Å². The number of imidazole rings is 1. The lowest BCUT2D eigenvalue weighted by Crippen LogP contribution is -2.08. The monoisotopic (exact) mass is 462 g/mol. The predicted molar refractivity (Wildman–Crippen MR) is 139 cm³/mol. The van der Waals surface area contributed by atoms with E-state index in [1.807, 2.05) is 36.4 Å². The third-order valence-electron chi connectivity index (χ3n) is 6.96. The minimum absolute atomic E-state index is 0.221. The van der Waals surface area contributed by atoms with Crippen molar-refractivity contribution in [3.63, 3.8) is 0 Å². The molecule has 0 saturated carbocycles. The second kappa shape index (κ2) is 8.70. The van der Waals surface area contributed by atoms with Crippen LogP contribution in [0.2, 0.25) is 0 Å². The van der Waals surface area contributed by atoms with Crippen molar-refractivity contribution in [3.05, 3.63) is 102 Å². The number of pyridine rings is 1. The summed E-state index contributed by atoms with van der Waals surface area (Å²) in [5.74, 6) is 0.775. The van der Waals surface area contributed by atoms with Crippen LogP contribution in [-0.2, 0) is 12.8 Å². The van der Waals surface area contributed by atoms with Crippen LogP contribution >= 0.6 is 0 Å². The van der Waals surface area contributed by atoms with Crippen molar-refractivity contribution >= 4 is 5.65 Å². The maximum absolute atomic E-state index is 14.4. The largest absolute Gasteiger partial charge is 0.493 e. The van der Waals surface area contributed by atoms with Crippen LogP contribution in [0.4, 0.5) is 4.39 Å². The minimum Gasteiger partial charge on any atom is -0.493 e. The van der Waals surface area contributed by atoms with Gasteiger partial charge in [0, 0.05) is 29.1 Å². The van der Waals surface area contributed by atoms with Gasteiger partial charge in [-0.25, -0.2) is 9.37 Å². The number of aromatic nitrogens is 2. The highest BCUT2D eigenvalue weighted by Crippen LogP contribution is 2.37. The molecule has 0 fully saturated rings. The van der Waals surface area contributed by atoms with Crippen LogP contribution in [0.3, 0.4) is 0 Å². The molecule has 0 amide bonds. The van der Waals surface area contributed by atoms with E-state index in [2.05, 4.69) is 48.8 Å². The molecular formula is C31H27FN2O. The van der Waals surface area contributed by atoms with E-state index in [0.717, 1.165) is 54.1 Å². The van der Waals surface area contributed by atoms with Crippen molar-refractivity contribution in [1.29, 1.82) is 0 Å². The van der Waals surface area contributed by atoms with Gasteiger partial charge in [0.25, 0.3) is 0 Å². The molecule has 6 rings (SSSR count). The molecule has 35 heavy (non-hydrogen) atoms. The Morgan fingerprint density at radius 1 is 0.943 bits per heavy atom. The van der Waals surface area contributed by atoms with Gasteiger partial charge in [0.2, 0.25) is 0 Å². The van der Waals surface area contributed by atoms with Gasteiger partial charge in [-0.2, -0.15) is 0 Å². The van der Waals surface area contributed by atoms with Gasteiger partial charge in [0.05, 0.1) is 12.3 Å². The molecule has 3 nitrogen and oxygen atoms in total. The van der Waals surface area contributed by atoms with E-state index < -0.39 is 0 Å². The quantitative estimate of drug-likeness (QED) is 0.274. The predicted octanol–water partition coefficient (Wildman–Crippen LogP) is 7.67. The normalized spacial score (nSPS) is 13.0. The molecule has 4 heteroatoms. The highest BCUT2D eigenvalue weighted by Gasteiger charge is 2.19. The first-order chi connectivity index (χ1) is 17.1. The fourth-order valence-corrected chi connectivity index (χ4v) is 5.25. The summed E-state index contributed by atoms with van der Waals surface area (Å²) >= 11 is 0. The number of hydrogen-bond donors (Lipinski definition) is 0. The first kappa shape index (κ1) is 21.6. The minimum atomic E-state index is -0.221. The van der Waals surface area contributed by atoms with E-state index in [4.69, 9.17) is 9.72 Å². The molecular weight excluding hydrogens is 435 g/mol. The fourth-order valence-electron chi connectivity index (χ4n) is 5.25. The van der Waals surface area contributed by atoms with Gasteiger partial charge in [-0.15, -0.1) is 0 Å². The van der Waals surface area contributed by atoms with Crippen molar-refractivity contribution in [3.8, 4) is 39.3 Å². The van der Waals surface area contributed by atoms with Crippen LogP contribution in [0.15, 0.2) is 79.1 Å². The molecule has 0 N–H and O–H groups in total. The lowest BCUT2D eigenvalue weighted by molar-refractivity contribution is 0.288. The maximum Gasteiger partial charge on any atom is 0.145 e. The Morgan fingerprint density at radius 3 is 2.66 bits per heavy atom. The third kappa shape index (κ3) is 3.79. The topological polar surface area (TPSA) is 26.5 Å². The summed E-state index contributed by atoms with van der Waals surface area (Å²) in [4.78, 5) is 5.12. The number of benzene rings is 3. The number of rotatable bonds is 4. The zero-order valence-electron chi connectivity index (χ0n) is 20.0. The van der Waals surface area contributed by atoms with Crippen molar-refractivity contribution in [1.82, 2.24) is 9.38 Å². The molecule has 2 aromatic heterocycles. The molecule has 0 unspecified atom stereocenters. The van der Waals surface area contributed by atoms with Gasteiger partial charge < -0.3 is 9.14 Å². The van der Waals surface area contributed by atoms with Gasteiger partial charge in [0.1, 0.15) is 17.2 Å². The lowest BCUT2D eigenvalue weighted by Gasteiger charge is -2.19. The molecule has 1 aliphatic rings. The number of nitrogens with zero attached hydrogens (tertiary/aromatic N) is 2. The van der Waals surface area contributed by atoms with Crippen LogP contribution in [0.5, 0.6) is 5.75 Å². The number of ether oxygens (including phenoxy) is 1.